The van der Waals surface area contributed by atoms with Crippen molar-refractivity contribution in [1.29, 1.82) is 0 Å². The van der Waals surface area contributed by atoms with E-state index in [1.807, 2.05) is 63.3 Å². The van der Waals surface area contributed by atoms with Crippen molar-refractivity contribution in [1.82, 2.24) is 15.6 Å². The third-order valence-electron chi connectivity index (χ3n) is 5.24. The minimum Gasteiger partial charge on any atom is -0.496 e. The summed E-state index contributed by atoms with van der Waals surface area (Å²) in [4.78, 5) is 22.3. The van der Waals surface area contributed by atoms with E-state index in [9.17, 15) is 9.59 Å². The molecular weight excluding hydrogens is 502 g/mol. The van der Waals surface area contributed by atoms with Crippen molar-refractivity contribution in [3.05, 3.63) is 96.7 Å². The van der Waals surface area contributed by atoms with Gasteiger partial charge in [-0.3, -0.25) is 9.59 Å². The Kier molecular flexibility index (Phi) is 20.3. The van der Waals surface area contributed by atoms with Gasteiger partial charge in [0.1, 0.15) is 11.5 Å². The van der Waals surface area contributed by atoms with Crippen LogP contribution in [0.15, 0.2) is 85.5 Å². The van der Waals surface area contributed by atoms with E-state index >= 15 is 0 Å². The topological polar surface area (TPSA) is 92.4 Å². The molecule has 7 nitrogen and oxygen atoms in total. The highest BCUT2D eigenvalue weighted by Gasteiger charge is 2.02. The number of aryl methyl sites for hydroxylation is 2. The first-order valence-electron chi connectivity index (χ1n) is 13.5. The van der Waals surface area contributed by atoms with Gasteiger partial charge in [0.15, 0.2) is 0 Å². The molecule has 0 aliphatic carbocycles. The molecular formula is C33H47N3O4. The molecule has 0 spiro atoms. The van der Waals surface area contributed by atoms with Crippen LogP contribution in [0.25, 0.3) is 10.9 Å². The smallest absolute Gasteiger partial charge is 0.207 e. The van der Waals surface area contributed by atoms with Gasteiger partial charge in [0, 0.05) is 29.7 Å². The Balaban J connectivity index is 0.000000519. The molecule has 40 heavy (non-hydrogen) atoms. The SMILES string of the molecule is C=C/C=C(\C=C)CC.CCc1cccc(OC(C)C)c1.COc1cccc2[nH]c(C)cc12.O=CNCCNC=O. The number of hydrogen-bond donors (Lipinski definition) is 3. The number of nitrogens with one attached hydrogen (secondary N) is 3. The lowest BCUT2D eigenvalue weighted by molar-refractivity contribution is -0.111. The minimum absolute atomic E-state index is 0.261. The van der Waals surface area contributed by atoms with Gasteiger partial charge >= 0.3 is 0 Å². The van der Waals surface area contributed by atoms with Crippen LogP contribution in [0, 0.1) is 6.92 Å². The number of aromatic nitrogens is 1. The fourth-order valence-corrected chi connectivity index (χ4v) is 3.30. The van der Waals surface area contributed by atoms with Crippen LogP contribution in [-0.2, 0) is 16.0 Å². The van der Waals surface area contributed by atoms with Crippen LogP contribution in [0.5, 0.6) is 11.5 Å². The Hall–Kier alpha value is -4.26. The highest BCUT2D eigenvalue weighted by atomic mass is 16.5. The van der Waals surface area contributed by atoms with Gasteiger partial charge in [0.25, 0.3) is 0 Å². The van der Waals surface area contributed by atoms with Crippen molar-refractivity contribution in [2.75, 3.05) is 20.2 Å². The van der Waals surface area contributed by atoms with E-state index in [1.54, 1.807) is 13.2 Å². The molecule has 0 atom stereocenters. The number of fused-ring (bicyclic) bond motifs is 1. The van der Waals surface area contributed by atoms with Crippen molar-refractivity contribution in [2.45, 2.75) is 53.6 Å². The maximum Gasteiger partial charge on any atom is 0.207 e. The summed E-state index contributed by atoms with van der Waals surface area (Å²) in [7, 11) is 1.69. The van der Waals surface area contributed by atoms with E-state index in [-0.39, 0.29) is 6.10 Å². The predicted molar refractivity (Wildman–Crippen MR) is 168 cm³/mol. The average Bonchev–Trinajstić information content (AvgIpc) is 3.35. The Bertz CT molecular complexity index is 1160. The highest BCUT2D eigenvalue weighted by Crippen LogP contribution is 2.25. The average molecular weight is 550 g/mol. The molecule has 2 amide bonds. The Morgan fingerprint density at radius 2 is 1.65 bits per heavy atom. The number of benzene rings is 2. The van der Waals surface area contributed by atoms with Crippen molar-refractivity contribution in [2.24, 2.45) is 0 Å². The first kappa shape index (κ1) is 35.7. The second-order valence-electron chi connectivity index (χ2n) is 8.72. The van der Waals surface area contributed by atoms with E-state index in [1.165, 1.54) is 11.1 Å². The van der Waals surface area contributed by atoms with Gasteiger partial charge in [-0.25, -0.2) is 0 Å². The third kappa shape index (κ3) is 15.9. The summed E-state index contributed by atoms with van der Waals surface area (Å²) in [5.74, 6) is 1.90. The molecule has 0 saturated heterocycles. The number of aromatic amines is 1. The number of H-pyrrole nitrogens is 1. The Morgan fingerprint density at radius 1 is 1.00 bits per heavy atom. The normalized spacial score (nSPS) is 9.93. The third-order valence-corrected chi connectivity index (χ3v) is 5.24. The lowest BCUT2D eigenvalue weighted by Crippen LogP contribution is -2.25. The molecule has 1 aromatic heterocycles. The second-order valence-corrected chi connectivity index (χ2v) is 8.72. The number of amides is 2. The van der Waals surface area contributed by atoms with Gasteiger partial charge in [-0.15, -0.1) is 0 Å². The largest absolute Gasteiger partial charge is 0.496 e. The molecule has 0 fully saturated rings. The lowest BCUT2D eigenvalue weighted by atomic mass is 10.2. The molecule has 2 aromatic carbocycles. The first-order chi connectivity index (χ1) is 19.3. The van der Waals surface area contributed by atoms with Gasteiger partial charge < -0.3 is 25.1 Å². The van der Waals surface area contributed by atoms with Crippen molar-refractivity contribution < 1.29 is 19.1 Å². The van der Waals surface area contributed by atoms with Gasteiger partial charge in [-0.05, 0) is 75.1 Å². The molecule has 1 heterocycles. The summed E-state index contributed by atoms with van der Waals surface area (Å²) in [5.41, 5.74) is 4.86. The number of carbonyl (C=O) groups is 2. The van der Waals surface area contributed by atoms with E-state index < -0.39 is 0 Å². The number of methoxy groups -OCH3 is 1. The molecule has 3 rings (SSSR count). The van der Waals surface area contributed by atoms with Gasteiger partial charge in [-0.1, -0.05) is 63.4 Å². The van der Waals surface area contributed by atoms with Gasteiger partial charge in [0.2, 0.25) is 12.8 Å². The highest BCUT2D eigenvalue weighted by molar-refractivity contribution is 5.86. The van der Waals surface area contributed by atoms with Crippen LogP contribution in [0.4, 0.5) is 0 Å². The molecule has 0 aliphatic heterocycles. The Labute approximate surface area is 240 Å². The zero-order valence-corrected chi connectivity index (χ0v) is 25.0. The maximum absolute atomic E-state index is 9.54. The number of allylic oxidation sites excluding steroid dienone is 4. The summed E-state index contributed by atoms with van der Waals surface area (Å²) < 4.78 is 10.8. The number of rotatable bonds is 12. The van der Waals surface area contributed by atoms with Gasteiger partial charge in [-0.2, -0.15) is 0 Å². The molecule has 0 unspecified atom stereocenters. The van der Waals surface area contributed by atoms with E-state index in [2.05, 4.69) is 60.8 Å². The van der Waals surface area contributed by atoms with Gasteiger partial charge in [0.05, 0.1) is 13.2 Å². The quantitative estimate of drug-likeness (QED) is 0.133. The summed E-state index contributed by atoms with van der Waals surface area (Å²) in [6.07, 6.45) is 9.14. The minimum atomic E-state index is 0.261. The molecule has 218 valence electrons. The first-order valence-corrected chi connectivity index (χ1v) is 13.5. The van der Waals surface area contributed by atoms with Crippen LogP contribution in [-0.4, -0.2) is 44.1 Å². The van der Waals surface area contributed by atoms with Crippen molar-refractivity contribution in [3.8, 4) is 11.5 Å². The molecule has 3 aromatic rings. The van der Waals surface area contributed by atoms with Crippen molar-refractivity contribution >= 4 is 23.7 Å². The fourth-order valence-electron chi connectivity index (χ4n) is 3.30. The molecule has 0 aliphatic rings. The maximum atomic E-state index is 9.54. The zero-order valence-electron chi connectivity index (χ0n) is 25.0. The molecule has 0 saturated carbocycles. The molecule has 0 bridgehead atoms. The number of ether oxygens (including phenoxy) is 2. The van der Waals surface area contributed by atoms with Crippen LogP contribution in [0.3, 0.4) is 0 Å². The number of carbonyl (C=O) groups excluding carboxylic acids is 2. The molecule has 0 radical (unpaired) electrons. The Morgan fingerprint density at radius 3 is 2.12 bits per heavy atom. The van der Waals surface area contributed by atoms with E-state index in [4.69, 9.17) is 9.47 Å². The second kappa shape index (κ2) is 22.7. The van der Waals surface area contributed by atoms with E-state index in [0.29, 0.717) is 25.9 Å². The molecule has 7 heteroatoms. The summed E-state index contributed by atoms with van der Waals surface area (Å²) in [6, 6.07) is 16.3. The van der Waals surface area contributed by atoms with Crippen LogP contribution >= 0.6 is 0 Å². The molecule has 3 N–H and O–H groups in total. The van der Waals surface area contributed by atoms with Crippen LogP contribution < -0.4 is 20.1 Å². The van der Waals surface area contributed by atoms with Crippen molar-refractivity contribution in [3.63, 3.8) is 0 Å². The monoisotopic (exact) mass is 549 g/mol. The zero-order chi connectivity index (χ0) is 30.2. The summed E-state index contributed by atoms with van der Waals surface area (Å²) in [6.45, 7) is 18.5. The fraction of sp³-hybridized carbons (Fsp3) is 0.333. The summed E-state index contributed by atoms with van der Waals surface area (Å²) in [5, 5.41) is 5.91. The van der Waals surface area contributed by atoms with Crippen LogP contribution in [0.1, 0.15) is 45.4 Å². The lowest BCUT2D eigenvalue weighted by Gasteiger charge is -2.09. The number of hydrogen-bond acceptors (Lipinski definition) is 4. The standard InChI is InChI=1S/C11H16O.C10H11NO.C8H12.C4H8N2O2/c1-4-10-6-5-7-11(8-10)12-9(2)3;1-7-6-8-9(11-7)4-3-5-10(8)12-2;1-4-7-8(5-2)6-3;7-3-5-1-2-6-4-8/h5-9H,4H2,1-3H3;3-6,11H,1-2H3;4-5,7H,1-2,6H2,3H3;3-4H,1-2H2,(H,5,7)(H,6,8)/b;;8-7+;. The van der Waals surface area contributed by atoms with E-state index in [0.717, 1.165) is 40.9 Å². The van der Waals surface area contributed by atoms with Crippen LogP contribution in [0.2, 0.25) is 0 Å². The summed E-state index contributed by atoms with van der Waals surface area (Å²) >= 11 is 0. The predicted octanol–water partition coefficient (Wildman–Crippen LogP) is 6.69.